The summed E-state index contributed by atoms with van der Waals surface area (Å²) in [5.41, 5.74) is 4.79. The molecule has 1 heterocycles. The molecule has 0 radical (unpaired) electrons. The van der Waals surface area contributed by atoms with Gasteiger partial charge in [0.15, 0.2) is 0 Å². The van der Waals surface area contributed by atoms with Crippen molar-refractivity contribution >= 4 is 11.4 Å². The van der Waals surface area contributed by atoms with Crippen molar-refractivity contribution in [3.8, 4) is 0 Å². The summed E-state index contributed by atoms with van der Waals surface area (Å²) in [6, 6.07) is 32.4. The second kappa shape index (κ2) is 9.75. The zero-order valence-corrected chi connectivity index (χ0v) is 17.8. The minimum atomic E-state index is 0.554. The summed E-state index contributed by atoms with van der Waals surface area (Å²) >= 11 is 0. The number of likely N-dealkylation sites (N-methyl/N-ethyl adjacent to an activating group) is 1. The first kappa shape index (κ1) is 20.4. The molecule has 3 heteroatoms. The summed E-state index contributed by atoms with van der Waals surface area (Å²) in [7, 11) is 2.23. The maximum absolute atomic E-state index is 4.48. The molecule has 1 aliphatic heterocycles. The van der Waals surface area contributed by atoms with Gasteiger partial charge >= 0.3 is 0 Å². The van der Waals surface area contributed by atoms with Gasteiger partial charge in [-0.25, -0.2) is 0 Å². The van der Waals surface area contributed by atoms with Crippen LogP contribution < -0.4 is 4.90 Å². The van der Waals surface area contributed by atoms with Crippen molar-refractivity contribution in [1.82, 2.24) is 9.80 Å². The van der Waals surface area contributed by atoms with E-state index < -0.39 is 0 Å². The normalized spacial score (nSPS) is 16.7. The van der Waals surface area contributed by atoms with E-state index in [2.05, 4.69) is 119 Å². The van der Waals surface area contributed by atoms with E-state index in [-0.39, 0.29) is 0 Å². The van der Waals surface area contributed by atoms with Crippen molar-refractivity contribution in [3.63, 3.8) is 0 Å². The molecule has 0 bridgehead atoms. The van der Waals surface area contributed by atoms with E-state index in [1.54, 1.807) is 0 Å². The average Bonchev–Trinajstić information content (AvgIpc) is 3.25. The Bertz CT molecular complexity index is 885. The van der Waals surface area contributed by atoms with Gasteiger partial charge in [0, 0.05) is 49.3 Å². The Morgan fingerprint density at radius 1 is 0.867 bits per heavy atom. The lowest BCUT2D eigenvalue weighted by atomic mass is 10.2. The molecule has 0 N–H and O–H groups in total. The van der Waals surface area contributed by atoms with Crippen LogP contribution in [0.3, 0.4) is 0 Å². The van der Waals surface area contributed by atoms with Crippen molar-refractivity contribution < 1.29 is 0 Å². The number of rotatable bonds is 8. The van der Waals surface area contributed by atoms with E-state index >= 15 is 0 Å². The average molecular weight is 398 g/mol. The smallest absolute Gasteiger partial charge is 0.0458 e. The standard InChI is InChI=1S/C27H31N3/c1-23(30(25-14-8-4-9-15-25)26-16-10-5-11-17-26)20-28(2)27-18-19-29(22-27)21-24-12-6-3-7-13-24/h3-17,27H,1,18-22H2,2H3/t27-/m1/s1. The second-order valence-corrected chi connectivity index (χ2v) is 8.15. The number of hydrogen-bond acceptors (Lipinski definition) is 3. The van der Waals surface area contributed by atoms with Crippen LogP contribution in [0.5, 0.6) is 0 Å². The van der Waals surface area contributed by atoms with Crippen LogP contribution in [0.15, 0.2) is 103 Å². The molecule has 4 rings (SSSR count). The van der Waals surface area contributed by atoms with Gasteiger partial charge in [0.05, 0.1) is 0 Å². The van der Waals surface area contributed by atoms with E-state index in [1.807, 2.05) is 0 Å². The van der Waals surface area contributed by atoms with Crippen molar-refractivity contribution in [2.75, 3.05) is 31.6 Å². The predicted octanol–water partition coefficient (Wildman–Crippen LogP) is 5.54. The monoisotopic (exact) mass is 397 g/mol. The SMILES string of the molecule is C=C(CN(C)[C@@H]1CCN(Cc2ccccc2)C1)N(c1ccccc1)c1ccccc1. The molecule has 1 fully saturated rings. The first-order valence-corrected chi connectivity index (χ1v) is 10.8. The minimum absolute atomic E-state index is 0.554. The van der Waals surface area contributed by atoms with Crippen LogP contribution in [0.1, 0.15) is 12.0 Å². The molecule has 0 unspecified atom stereocenters. The van der Waals surface area contributed by atoms with E-state index in [0.717, 1.165) is 43.3 Å². The highest BCUT2D eigenvalue weighted by Gasteiger charge is 2.26. The number of nitrogens with zero attached hydrogens (tertiary/aromatic N) is 3. The van der Waals surface area contributed by atoms with Crippen molar-refractivity contribution in [1.29, 1.82) is 0 Å². The number of benzene rings is 3. The van der Waals surface area contributed by atoms with E-state index in [1.165, 1.54) is 12.0 Å². The third kappa shape index (κ3) is 4.99. The third-order valence-corrected chi connectivity index (χ3v) is 5.90. The molecule has 1 saturated heterocycles. The van der Waals surface area contributed by atoms with Crippen LogP contribution in [0.25, 0.3) is 0 Å². The fourth-order valence-corrected chi connectivity index (χ4v) is 4.31. The zero-order chi connectivity index (χ0) is 20.8. The second-order valence-electron chi connectivity index (χ2n) is 8.15. The molecule has 0 aliphatic carbocycles. The summed E-state index contributed by atoms with van der Waals surface area (Å²) in [5, 5.41) is 0. The number of likely N-dealkylation sites (tertiary alicyclic amines) is 1. The van der Waals surface area contributed by atoms with Crippen LogP contribution in [-0.2, 0) is 6.54 Å². The van der Waals surface area contributed by atoms with Gasteiger partial charge in [-0.1, -0.05) is 73.3 Å². The summed E-state index contributed by atoms with van der Waals surface area (Å²) in [6.07, 6.45) is 1.20. The Morgan fingerprint density at radius 3 is 1.97 bits per heavy atom. The van der Waals surface area contributed by atoms with Gasteiger partial charge in [-0.3, -0.25) is 9.80 Å². The topological polar surface area (TPSA) is 9.72 Å². The van der Waals surface area contributed by atoms with Crippen molar-refractivity contribution in [2.24, 2.45) is 0 Å². The highest BCUT2D eigenvalue weighted by atomic mass is 15.3. The van der Waals surface area contributed by atoms with E-state index in [4.69, 9.17) is 0 Å². The van der Waals surface area contributed by atoms with Crippen LogP contribution in [0.4, 0.5) is 11.4 Å². The minimum Gasteiger partial charge on any atom is -0.314 e. The molecule has 0 spiro atoms. The summed E-state index contributed by atoms with van der Waals surface area (Å²) < 4.78 is 0. The molecule has 1 atom stereocenters. The first-order chi connectivity index (χ1) is 14.7. The fourth-order valence-electron chi connectivity index (χ4n) is 4.31. The molecule has 0 aromatic heterocycles. The lowest BCUT2D eigenvalue weighted by Crippen LogP contribution is -2.37. The molecule has 3 aromatic rings. The number of para-hydroxylation sites is 2. The Balaban J connectivity index is 1.41. The van der Waals surface area contributed by atoms with Gasteiger partial charge < -0.3 is 4.90 Å². The summed E-state index contributed by atoms with van der Waals surface area (Å²) in [4.78, 5) is 7.30. The molecule has 0 amide bonds. The Morgan fingerprint density at radius 2 is 1.40 bits per heavy atom. The Kier molecular flexibility index (Phi) is 6.63. The lowest BCUT2D eigenvalue weighted by Gasteiger charge is -2.32. The van der Waals surface area contributed by atoms with Crippen LogP contribution in [-0.4, -0.2) is 42.5 Å². The first-order valence-electron chi connectivity index (χ1n) is 10.8. The summed E-state index contributed by atoms with van der Waals surface area (Å²) in [6.45, 7) is 8.61. The molecular formula is C27H31N3. The maximum Gasteiger partial charge on any atom is 0.0458 e. The van der Waals surface area contributed by atoms with Gasteiger partial charge in [-0.05, 0) is 43.3 Å². The highest BCUT2D eigenvalue weighted by Crippen LogP contribution is 2.29. The molecule has 30 heavy (non-hydrogen) atoms. The molecule has 1 aliphatic rings. The van der Waals surface area contributed by atoms with Crippen LogP contribution >= 0.6 is 0 Å². The van der Waals surface area contributed by atoms with Gasteiger partial charge in [-0.2, -0.15) is 0 Å². The number of hydrogen-bond donors (Lipinski definition) is 0. The van der Waals surface area contributed by atoms with Crippen LogP contribution in [0.2, 0.25) is 0 Å². The molecule has 3 aromatic carbocycles. The van der Waals surface area contributed by atoms with E-state index in [9.17, 15) is 0 Å². The largest absolute Gasteiger partial charge is 0.314 e. The fraction of sp³-hybridized carbons (Fsp3) is 0.259. The third-order valence-electron chi connectivity index (χ3n) is 5.90. The Labute approximate surface area is 180 Å². The molecule has 0 saturated carbocycles. The van der Waals surface area contributed by atoms with Gasteiger partial charge in [0.25, 0.3) is 0 Å². The number of anilines is 2. The molecule has 3 nitrogen and oxygen atoms in total. The van der Waals surface area contributed by atoms with Crippen molar-refractivity contribution in [2.45, 2.75) is 19.0 Å². The predicted molar refractivity (Wildman–Crippen MR) is 127 cm³/mol. The van der Waals surface area contributed by atoms with Crippen LogP contribution in [0, 0.1) is 0 Å². The van der Waals surface area contributed by atoms with Crippen molar-refractivity contribution in [3.05, 3.63) is 109 Å². The molecular weight excluding hydrogens is 366 g/mol. The molecule has 154 valence electrons. The Hall–Kier alpha value is -2.88. The van der Waals surface area contributed by atoms with Gasteiger partial charge in [-0.15, -0.1) is 0 Å². The summed E-state index contributed by atoms with van der Waals surface area (Å²) in [5.74, 6) is 0. The van der Waals surface area contributed by atoms with Gasteiger partial charge in [0.2, 0.25) is 0 Å². The highest BCUT2D eigenvalue weighted by molar-refractivity contribution is 5.68. The van der Waals surface area contributed by atoms with Gasteiger partial charge in [0.1, 0.15) is 0 Å². The quantitative estimate of drug-likeness (QED) is 0.494. The maximum atomic E-state index is 4.48. The lowest BCUT2D eigenvalue weighted by molar-refractivity contribution is 0.243. The zero-order valence-electron chi connectivity index (χ0n) is 17.8. The van der Waals surface area contributed by atoms with E-state index in [0.29, 0.717) is 6.04 Å².